The molecule has 3 rings (SSSR count). The van der Waals surface area contributed by atoms with Crippen molar-refractivity contribution in [3.05, 3.63) is 45.1 Å². The third kappa shape index (κ3) is 2.87. The third-order valence-corrected chi connectivity index (χ3v) is 4.18. The minimum Gasteiger partial charge on any atom is -0.363 e. The first kappa shape index (κ1) is 12.4. The van der Waals surface area contributed by atoms with Gasteiger partial charge in [-0.25, -0.2) is 4.98 Å². The first-order valence-corrected chi connectivity index (χ1v) is 7.48. The SMILES string of the molecule is CC(Cc1cccs1)Nc1nccn(C2CC2)c1=O. The summed E-state index contributed by atoms with van der Waals surface area (Å²) < 4.78 is 1.80. The van der Waals surface area contributed by atoms with Gasteiger partial charge in [0.15, 0.2) is 5.82 Å². The molecule has 5 heteroatoms. The number of rotatable bonds is 5. The monoisotopic (exact) mass is 275 g/mol. The quantitative estimate of drug-likeness (QED) is 0.912. The van der Waals surface area contributed by atoms with Crippen LogP contribution < -0.4 is 10.9 Å². The standard InChI is InChI=1S/C14H17N3OS/c1-10(9-12-3-2-8-19-12)16-13-14(18)17(7-6-15-13)11-4-5-11/h2-3,6-8,10-11H,4-5,9H2,1H3,(H,15,16). The smallest absolute Gasteiger partial charge is 0.293 e. The molecule has 19 heavy (non-hydrogen) atoms. The van der Waals surface area contributed by atoms with Crippen LogP contribution in [0.3, 0.4) is 0 Å². The second kappa shape index (κ2) is 5.17. The Morgan fingerprint density at radius 3 is 3.11 bits per heavy atom. The molecule has 2 aromatic heterocycles. The molecule has 1 aliphatic carbocycles. The van der Waals surface area contributed by atoms with Gasteiger partial charge in [0.25, 0.3) is 5.56 Å². The summed E-state index contributed by atoms with van der Waals surface area (Å²) >= 11 is 1.74. The number of nitrogens with one attached hydrogen (secondary N) is 1. The van der Waals surface area contributed by atoms with Crippen molar-refractivity contribution in [1.29, 1.82) is 0 Å². The molecule has 0 bridgehead atoms. The average Bonchev–Trinajstić information content (AvgIpc) is 3.10. The predicted molar refractivity (Wildman–Crippen MR) is 77.9 cm³/mol. The molecular weight excluding hydrogens is 258 g/mol. The Balaban J connectivity index is 1.72. The van der Waals surface area contributed by atoms with E-state index >= 15 is 0 Å². The van der Waals surface area contributed by atoms with Crippen molar-refractivity contribution < 1.29 is 0 Å². The van der Waals surface area contributed by atoms with E-state index in [0.29, 0.717) is 11.9 Å². The Kier molecular flexibility index (Phi) is 3.38. The Bertz CT molecular complexity index is 601. The van der Waals surface area contributed by atoms with Crippen molar-refractivity contribution in [2.45, 2.75) is 38.3 Å². The second-order valence-corrected chi connectivity index (χ2v) is 6.08. The molecule has 100 valence electrons. The van der Waals surface area contributed by atoms with Crippen molar-refractivity contribution in [3.63, 3.8) is 0 Å². The lowest BCUT2D eigenvalue weighted by molar-refractivity contribution is 0.693. The Morgan fingerprint density at radius 2 is 2.42 bits per heavy atom. The highest BCUT2D eigenvalue weighted by molar-refractivity contribution is 7.09. The summed E-state index contributed by atoms with van der Waals surface area (Å²) in [5.74, 6) is 0.471. The van der Waals surface area contributed by atoms with E-state index in [2.05, 4.69) is 28.7 Å². The minimum atomic E-state index is 0.00281. The lowest BCUT2D eigenvalue weighted by Crippen LogP contribution is -2.28. The van der Waals surface area contributed by atoms with Gasteiger partial charge in [-0.3, -0.25) is 4.79 Å². The zero-order valence-corrected chi connectivity index (χ0v) is 11.7. The topological polar surface area (TPSA) is 46.9 Å². The second-order valence-electron chi connectivity index (χ2n) is 5.05. The number of aromatic nitrogens is 2. The van der Waals surface area contributed by atoms with Crippen LogP contribution in [0.25, 0.3) is 0 Å². The van der Waals surface area contributed by atoms with Crippen LogP contribution in [0.15, 0.2) is 34.7 Å². The number of nitrogens with zero attached hydrogens (tertiary/aromatic N) is 2. The summed E-state index contributed by atoms with van der Waals surface area (Å²) in [7, 11) is 0. The summed E-state index contributed by atoms with van der Waals surface area (Å²) in [4.78, 5) is 17.7. The third-order valence-electron chi connectivity index (χ3n) is 3.28. The molecule has 1 fully saturated rings. The Labute approximate surface area is 116 Å². The fourth-order valence-electron chi connectivity index (χ4n) is 2.18. The molecule has 0 aromatic carbocycles. The van der Waals surface area contributed by atoms with E-state index in [-0.39, 0.29) is 11.6 Å². The number of hydrogen-bond donors (Lipinski definition) is 1. The number of hydrogen-bond acceptors (Lipinski definition) is 4. The van der Waals surface area contributed by atoms with E-state index in [1.807, 2.05) is 6.07 Å². The highest BCUT2D eigenvalue weighted by Crippen LogP contribution is 2.33. The van der Waals surface area contributed by atoms with Crippen LogP contribution >= 0.6 is 11.3 Å². The summed E-state index contributed by atoms with van der Waals surface area (Å²) in [5, 5.41) is 5.31. The van der Waals surface area contributed by atoms with Crippen molar-refractivity contribution in [2.24, 2.45) is 0 Å². The van der Waals surface area contributed by atoms with Gasteiger partial charge in [0.1, 0.15) is 0 Å². The van der Waals surface area contributed by atoms with E-state index in [4.69, 9.17) is 0 Å². The normalized spacial score (nSPS) is 16.3. The molecule has 0 aliphatic heterocycles. The molecule has 1 saturated carbocycles. The molecule has 1 N–H and O–H groups in total. The molecule has 0 amide bonds. The minimum absolute atomic E-state index is 0.00281. The van der Waals surface area contributed by atoms with Crippen molar-refractivity contribution in [2.75, 3.05) is 5.32 Å². The van der Waals surface area contributed by atoms with Crippen LogP contribution in [0.4, 0.5) is 5.82 Å². The van der Waals surface area contributed by atoms with Gasteiger partial charge in [-0.05, 0) is 31.2 Å². The van der Waals surface area contributed by atoms with Gasteiger partial charge in [0, 0.05) is 35.8 Å². The van der Waals surface area contributed by atoms with Gasteiger partial charge < -0.3 is 9.88 Å². The van der Waals surface area contributed by atoms with Gasteiger partial charge in [-0.1, -0.05) is 6.07 Å². The van der Waals surface area contributed by atoms with Crippen molar-refractivity contribution >= 4 is 17.2 Å². The van der Waals surface area contributed by atoms with Gasteiger partial charge in [-0.15, -0.1) is 11.3 Å². The van der Waals surface area contributed by atoms with Crippen LogP contribution in [-0.4, -0.2) is 15.6 Å². The van der Waals surface area contributed by atoms with Crippen LogP contribution in [0.1, 0.15) is 30.7 Å². The fourth-order valence-corrected chi connectivity index (χ4v) is 3.01. The molecular formula is C14H17N3OS. The van der Waals surface area contributed by atoms with Gasteiger partial charge in [-0.2, -0.15) is 0 Å². The molecule has 4 nitrogen and oxygen atoms in total. The molecule has 1 unspecified atom stereocenters. The maximum atomic E-state index is 12.2. The molecule has 2 aromatic rings. The van der Waals surface area contributed by atoms with Crippen LogP contribution in [0.2, 0.25) is 0 Å². The van der Waals surface area contributed by atoms with Crippen molar-refractivity contribution in [3.8, 4) is 0 Å². The lowest BCUT2D eigenvalue weighted by Gasteiger charge is -2.14. The highest BCUT2D eigenvalue weighted by atomic mass is 32.1. The number of anilines is 1. The Morgan fingerprint density at radius 1 is 1.58 bits per heavy atom. The number of thiophene rings is 1. The van der Waals surface area contributed by atoms with E-state index in [1.165, 1.54) is 4.88 Å². The van der Waals surface area contributed by atoms with Gasteiger partial charge in [0.05, 0.1) is 0 Å². The summed E-state index contributed by atoms with van der Waals surface area (Å²) in [6.45, 7) is 2.08. The van der Waals surface area contributed by atoms with Gasteiger partial charge >= 0.3 is 0 Å². The maximum absolute atomic E-state index is 12.2. The molecule has 1 atom stereocenters. The highest BCUT2D eigenvalue weighted by Gasteiger charge is 2.25. The first-order valence-electron chi connectivity index (χ1n) is 6.60. The summed E-state index contributed by atoms with van der Waals surface area (Å²) in [6, 6.07) is 4.76. The largest absolute Gasteiger partial charge is 0.363 e. The maximum Gasteiger partial charge on any atom is 0.293 e. The van der Waals surface area contributed by atoms with E-state index in [1.54, 1.807) is 28.3 Å². The van der Waals surface area contributed by atoms with Crippen LogP contribution in [0.5, 0.6) is 0 Å². The summed E-state index contributed by atoms with van der Waals surface area (Å²) in [6.07, 6.45) is 6.62. The average molecular weight is 275 g/mol. The zero-order chi connectivity index (χ0) is 13.2. The first-order chi connectivity index (χ1) is 9.24. The summed E-state index contributed by atoms with van der Waals surface area (Å²) in [5.41, 5.74) is 0.00281. The zero-order valence-electron chi connectivity index (χ0n) is 10.9. The predicted octanol–water partition coefficient (Wildman–Crippen LogP) is 2.68. The molecule has 1 aliphatic rings. The lowest BCUT2D eigenvalue weighted by atomic mass is 10.2. The fraction of sp³-hybridized carbons (Fsp3) is 0.429. The molecule has 2 heterocycles. The van der Waals surface area contributed by atoms with Gasteiger partial charge in [0.2, 0.25) is 0 Å². The van der Waals surface area contributed by atoms with E-state index in [9.17, 15) is 4.79 Å². The Hall–Kier alpha value is -1.62. The molecule has 0 radical (unpaired) electrons. The van der Waals surface area contributed by atoms with Crippen LogP contribution in [-0.2, 0) is 6.42 Å². The van der Waals surface area contributed by atoms with Crippen molar-refractivity contribution in [1.82, 2.24) is 9.55 Å². The van der Waals surface area contributed by atoms with E-state index in [0.717, 1.165) is 19.3 Å². The molecule has 0 spiro atoms. The van der Waals surface area contributed by atoms with Crippen LogP contribution in [0, 0.1) is 0 Å². The van der Waals surface area contributed by atoms with E-state index < -0.39 is 0 Å². The molecule has 0 saturated heterocycles.